The molecule has 1 amide bonds. The van der Waals surface area contributed by atoms with Crippen LogP contribution in [0.25, 0.3) is 15.8 Å². The molecule has 0 fully saturated rings. The largest absolute Gasteiger partial charge is 0.449 e. The minimum atomic E-state index is -0.539. The molecule has 2 aromatic carbocycles. The third-order valence-electron chi connectivity index (χ3n) is 4.31. The summed E-state index contributed by atoms with van der Waals surface area (Å²) in [7, 11) is 0. The number of rotatable bonds is 7. The smallest absolute Gasteiger partial charge is 0.407 e. The van der Waals surface area contributed by atoms with Gasteiger partial charge in [-0.05, 0) is 50.1 Å². The molecule has 0 unspecified atom stereocenters. The van der Waals surface area contributed by atoms with Crippen molar-refractivity contribution in [3.8, 4) is 0 Å². The molecule has 1 N–H and O–H groups in total. The Balaban J connectivity index is 1.49. The summed E-state index contributed by atoms with van der Waals surface area (Å²) in [6.07, 6.45) is -0.421. The van der Waals surface area contributed by atoms with E-state index in [1.165, 1.54) is 4.70 Å². The van der Waals surface area contributed by atoms with Crippen LogP contribution in [-0.2, 0) is 10.3 Å². The van der Waals surface area contributed by atoms with Crippen LogP contribution in [0.15, 0.2) is 59.4 Å². The third kappa shape index (κ3) is 5.14. The molecule has 0 bridgehead atoms. The molecular formula is C22H24N2O2S2. The molecule has 28 heavy (non-hydrogen) atoms. The predicted octanol–water partition coefficient (Wildman–Crippen LogP) is 6.08. The van der Waals surface area contributed by atoms with Crippen molar-refractivity contribution < 1.29 is 9.53 Å². The second-order valence-electron chi connectivity index (χ2n) is 7.04. The normalized spacial score (nSPS) is 11.4. The molecule has 146 valence electrons. The van der Waals surface area contributed by atoms with Gasteiger partial charge >= 0.3 is 6.09 Å². The van der Waals surface area contributed by atoms with Gasteiger partial charge in [0.05, 0.1) is 15.8 Å². The van der Waals surface area contributed by atoms with Gasteiger partial charge in [0.1, 0.15) is 6.61 Å². The second-order valence-corrected chi connectivity index (χ2v) is 9.42. The Morgan fingerprint density at radius 1 is 1.25 bits per heavy atom. The number of allylic oxidation sites excluding steroid dienone is 1. The first kappa shape index (κ1) is 20.4. The Labute approximate surface area is 174 Å². The molecule has 6 heteroatoms. The number of thioether (sulfide) groups is 1. The zero-order valence-electron chi connectivity index (χ0n) is 16.3. The molecule has 0 saturated heterocycles. The van der Waals surface area contributed by atoms with Gasteiger partial charge in [0.2, 0.25) is 0 Å². The van der Waals surface area contributed by atoms with Crippen LogP contribution in [0.4, 0.5) is 4.79 Å². The lowest BCUT2D eigenvalue weighted by atomic mass is 9.92. The fraction of sp³-hybridized carbons (Fsp3) is 0.273. The van der Waals surface area contributed by atoms with Crippen molar-refractivity contribution in [3.05, 3.63) is 66.2 Å². The molecule has 0 saturated carbocycles. The van der Waals surface area contributed by atoms with Crippen molar-refractivity contribution in [2.24, 2.45) is 0 Å². The summed E-state index contributed by atoms with van der Waals surface area (Å²) in [5.41, 5.74) is 3.53. The molecule has 4 nitrogen and oxygen atoms in total. The number of alkyl carbamates (subject to hydrolysis) is 1. The minimum absolute atomic E-state index is 0.328. The fourth-order valence-corrected chi connectivity index (χ4v) is 4.67. The van der Waals surface area contributed by atoms with E-state index in [0.29, 0.717) is 12.4 Å². The highest BCUT2D eigenvalue weighted by Gasteiger charge is 2.24. The summed E-state index contributed by atoms with van der Waals surface area (Å²) in [6.45, 7) is 10.2. The Morgan fingerprint density at radius 2 is 2.04 bits per heavy atom. The number of ether oxygens (including phenoxy) is 1. The van der Waals surface area contributed by atoms with Crippen molar-refractivity contribution in [1.82, 2.24) is 10.3 Å². The van der Waals surface area contributed by atoms with E-state index in [-0.39, 0.29) is 0 Å². The SMILES string of the molecule is C=C(C)c1cccc(C(C)(C)NC(=O)OCCSc2nc3ccccc3s2)c1. The number of hydrogen-bond acceptors (Lipinski definition) is 5. The second kappa shape index (κ2) is 8.80. The summed E-state index contributed by atoms with van der Waals surface area (Å²) >= 11 is 3.26. The predicted molar refractivity (Wildman–Crippen MR) is 119 cm³/mol. The number of para-hydroxylation sites is 1. The summed E-state index contributed by atoms with van der Waals surface area (Å²) in [6, 6.07) is 16.1. The molecular weight excluding hydrogens is 388 g/mol. The maximum atomic E-state index is 12.2. The van der Waals surface area contributed by atoms with E-state index in [1.807, 2.05) is 63.2 Å². The summed E-state index contributed by atoms with van der Waals surface area (Å²) < 4.78 is 7.52. The van der Waals surface area contributed by atoms with Gasteiger partial charge in [-0.2, -0.15) is 0 Å². The number of aromatic nitrogens is 1. The molecule has 1 aromatic heterocycles. The van der Waals surface area contributed by atoms with E-state index in [1.54, 1.807) is 23.1 Å². The number of fused-ring (bicyclic) bond motifs is 1. The standard InChI is InChI=1S/C22H24N2O2S2/c1-15(2)16-8-7-9-17(14-16)22(3,4)24-20(25)26-12-13-27-21-23-18-10-5-6-11-19(18)28-21/h5-11,14H,1,12-13H2,2-4H3,(H,24,25). The van der Waals surface area contributed by atoms with E-state index < -0.39 is 11.6 Å². The topological polar surface area (TPSA) is 51.2 Å². The van der Waals surface area contributed by atoms with Crippen LogP contribution >= 0.6 is 23.1 Å². The van der Waals surface area contributed by atoms with Crippen LogP contribution in [0.2, 0.25) is 0 Å². The number of carbonyl (C=O) groups excluding carboxylic acids is 1. The highest BCUT2D eigenvalue weighted by molar-refractivity contribution is 8.01. The highest BCUT2D eigenvalue weighted by atomic mass is 32.2. The van der Waals surface area contributed by atoms with E-state index in [2.05, 4.69) is 22.9 Å². The molecule has 0 atom stereocenters. The molecule has 0 radical (unpaired) electrons. The van der Waals surface area contributed by atoms with Crippen LogP contribution in [0.5, 0.6) is 0 Å². The van der Waals surface area contributed by atoms with Gasteiger partial charge in [-0.3, -0.25) is 0 Å². The number of nitrogens with one attached hydrogen (secondary N) is 1. The van der Waals surface area contributed by atoms with Crippen molar-refractivity contribution in [2.75, 3.05) is 12.4 Å². The number of amides is 1. The van der Waals surface area contributed by atoms with Crippen molar-refractivity contribution in [3.63, 3.8) is 0 Å². The fourth-order valence-electron chi connectivity index (χ4n) is 2.71. The Bertz CT molecular complexity index is 962. The molecule has 0 aliphatic carbocycles. The average Bonchev–Trinajstić information content (AvgIpc) is 3.08. The van der Waals surface area contributed by atoms with Gasteiger partial charge in [-0.15, -0.1) is 11.3 Å². The van der Waals surface area contributed by atoms with Crippen molar-refractivity contribution in [2.45, 2.75) is 30.6 Å². The average molecular weight is 413 g/mol. The van der Waals surface area contributed by atoms with Crippen LogP contribution in [-0.4, -0.2) is 23.4 Å². The Hall–Kier alpha value is -2.31. The number of hydrogen-bond donors (Lipinski definition) is 1. The molecule has 3 aromatic rings. The number of benzene rings is 2. The lowest BCUT2D eigenvalue weighted by Gasteiger charge is -2.27. The van der Waals surface area contributed by atoms with Crippen LogP contribution in [0.1, 0.15) is 31.9 Å². The maximum Gasteiger partial charge on any atom is 0.407 e. The van der Waals surface area contributed by atoms with Gasteiger partial charge in [-0.25, -0.2) is 9.78 Å². The monoisotopic (exact) mass is 412 g/mol. The number of carbonyl (C=O) groups is 1. The molecule has 3 rings (SSSR count). The lowest BCUT2D eigenvalue weighted by molar-refractivity contribution is 0.142. The molecule has 1 heterocycles. The van der Waals surface area contributed by atoms with Gasteiger partial charge in [0.15, 0.2) is 4.34 Å². The summed E-state index contributed by atoms with van der Waals surface area (Å²) in [5.74, 6) is 0.665. The Kier molecular flexibility index (Phi) is 6.42. The Morgan fingerprint density at radius 3 is 2.79 bits per heavy atom. The number of nitrogens with zero attached hydrogens (tertiary/aromatic N) is 1. The quantitative estimate of drug-likeness (QED) is 0.377. The first-order valence-electron chi connectivity index (χ1n) is 9.05. The minimum Gasteiger partial charge on any atom is -0.449 e. The van der Waals surface area contributed by atoms with E-state index in [0.717, 1.165) is 26.6 Å². The van der Waals surface area contributed by atoms with Crippen LogP contribution < -0.4 is 5.32 Å². The highest BCUT2D eigenvalue weighted by Crippen LogP contribution is 2.29. The van der Waals surface area contributed by atoms with Gasteiger partial charge < -0.3 is 10.1 Å². The molecule has 0 aliphatic rings. The summed E-state index contributed by atoms with van der Waals surface area (Å²) in [5, 5.41) is 2.95. The first-order valence-corrected chi connectivity index (χ1v) is 10.8. The van der Waals surface area contributed by atoms with Gasteiger partial charge in [0, 0.05) is 5.75 Å². The molecule has 0 spiro atoms. The third-order valence-corrected chi connectivity index (χ3v) is 6.45. The van der Waals surface area contributed by atoms with E-state index >= 15 is 0 Å². The maximum absolute atomic E-state index is 12.2. The van der Waals surface area contributed by atoms with Gasteiger partial charge in [-0.1, -0.05) is 54.2 Å². The van der Waals surface area contributed by atoms with Crippen molar-refractivity contribution in [1.29, 1.82) is 0 Å². The van der Waals surface area contributed by atoms with E-state index in [9.17, 15) is 4.79 Å². The first-order chi connectivity index (χ1) is 13.3. The van der Waals surface area contributed by atoms with Crippen molar-refractivity contribution >= 4 is 45.0 Å². The zero-order chi connectivity index (χ0) is 20.1. The molecule has 0 aliphatic heterocycles. The summed E-state index contributed by atoms with van der Waals surface area (Å²) in [4.78, 5) is 16.8. The van der Waals surface area contributed by atoms with Crippen LogP contribution in [0, 0.1) is 0 Å². The lowest BCUT2D eigenvalue weighted by Crippen LogP contribution is -2.41. The van der Waals surface area contributed by atoms with Crippen LogP contribution in [0.3, 0.4) is 0 Å². The number of thiazole rings is 1. The zero-order valence-corrected chi connectivity index (χ0v) is 18.0. The van der Waals surface area contributed by atoms with E-state index in [4.69, 9.17) is 4.74 Å². The van der Waals surface area contributed by atoms with Gasteiger partial charge in [0.25, 0.3) is 0 Å².